The summed E-state index contributed by atoms with van der Waals surface area (Å²) in [6.45, 7) is 0. The minimum Gasteiger partial charge on any atom is -0.328 e. The SMILES string of the molecule is O=C1C[C@H](c2cccs2)CC2=C1[C@@H](c1cccc3ccccc13)n1ncnc1N2. The first-order valence-electron chi connectivity index (χ1n) is 9.73. The summed E-state index contributed by atoms with van der Waals surface area (Å²) in [4.78, 5) is 19.1. The minimum absolute atomic E-state index is 0.191. The molecule has 1 aliphatic heterocycles. The number of carbonyl (C=O) groups is 1. The fourth-order valence-electron chi connectivity index (χ4n) is 4.65. The number of hydrogen-bond acceptors (Lipinski definition) is 5. The number of fused-ring (bicyclic) bond motifs is 2. The first-order valence-corrected chi connectivity index (χ1v) is 10.6. The molecule has 5 nitrogen and oxygen atoms in total. The Labute approximate surface area is 171 Å². The van der Waals surface area contributed by atoms with Crippen LogP contribution in [0.1, 0.15) is 35.2 Å². The van der Waals surface area contributed by atoms with E-state index < -0.39 is 0 Å². The second kappa shape index (κ2) is 6.39. The molecular weight excluding hydrogens is 380 g/mol. The molecule has 0 bridgehead atoms. The molecule has 4 aromatic rings. The molecule has 0 unspecified atom stereocenters. The van der Waals surface area contributed by atoms with Gasteiger partial charge in [-0.2, -0.15) is 10.1 Å². The van der Waals surface area contributed by atoms with Crippen LogP contribution in [-0.2, 0) is 4.79 Å². The molecule has 3 heterocycles. The van der Waals surface area contributed by atoms with E-state index in [0.29, 0.717) is 12.4 Å². The maximum atomic E-state index is 13.4. The van der Waals surface area contributed by atoms with E-state index in [4.69, 9.17) is 0 Å². The second-order valence-corrected chi connectivity index (χ2v) is 8.54. The van der Waals surface area contributed by atoms with Crippen LogP contribution in [-0.4, -0.2) is 20.5 Å². The largest absolute Gasteiger partial charge is 0.328 e. The molecular formula is C23H18N4OS. The van der Waals surface area contributed by atoms with Crippen LogP contribution < -0.4 is 5.32 Å². The van der Waals surface area contributed by atoms with Crippen molar-refractivity contribution in [1.82, 2.24) is 14.8 Å². The number of Topliss-reactive ketones (excluding diaryl/α,β-unsaturated/α-hetero) is 1. The number of carbonyl (C=O) groups excluding carboxylic acids is 1. The highest BCUT2D eigenvalue weighted by atomic mass is 32.1. The standard InChI is InChI=1S/C23H18N4OS/c28-19-12-15(20-9-4-10-29-20)11-18-21(19)22(27-23(26-18)24-13-25-27)17-8-3-6-14-5-1-2-7-16(14)17/h1-10,13,15,22H,11-12H2,(H,24,25,26)/t15-,22-/m1/s1. The Kier molecular flexibility index (Phi) is 3.67. The predicted molar refractivity (Wildman–Crippen MR) is 114 cm³/mol. The van der Waals surface area contributed by atoms with E-state index in [1.165, 1.54) is 4.88 Å². The van der Waals surface area contributed by atoms with Crippen LogP contribution in [0.5, 0.6) is 0 Å². The van der Waals surface area contributed by atoms with Crippen molar-refractivity contribution in [2.75, 3.05) is 5.32 Å². The molecule has 1 N–H and O–H groups in total. The molecule has 6 heteroatoms. The van der Waals surface area contributed by atoms with Crippen molar-refractivity contribution in [3.63, 3.8) is 0 Å². The van der Waals surface area contributed by atoms with Gasteiger partial charge in [0, 0.05) is 28.5 Å². The van der Waals surface area contributed by atoms with Crippen molar-refractivity contribution < 1.29 is 4.79 Å². The monoisotopic (exact) mass is 398 g/mol. The molecule has 142 valence electrons. The van der Waals surface area contributed by atoms with E-state index in [0.717, 1.165) is 34.0 Å². The zero-order valence-electron chi connectivity index (χ0n) is 15.6. The minimum atomic E-state index is -0.258. The Morgan fingerprint density at radius 3 is 2.83 bits per heavy atom. The van der Waals surface area contributed by atoms with E-state index in [1.807, 2.05) is 16.8 Å². The van der Waals surface area contributed by atoms with Gasteiger partial charge in [-0.25, -0.2) is 4.68 Å². The van der Waals surface area contributed by atoms with Crippen LogP contribution in [0.2, 0.25) is 0 Å². The van der Waals surface area contributed by atoms with Crippen molar-refractivity contribution in [3.05, 3.63) is 88.0 Å². The number of rotatable bonds is 2. The second-order valence-electron chi connectivity index (χ2n) is 7.56. The number of aromatic nitrogens is 3. The average molecular weight is 398 g/mol. The summed E-state index contributed by atoms with van der Waals surface area (Å²) in [6, 6.07) is 18.5. The molecule has 2 aliphatic rings. The van der Waals surface area contributed by atoms with Crippen molar-refractivity contribution in [2.45, 2.75) is 24.8 Å². The molecule has 0 saturated carbocycles. The van der Waals surface area contributed by atoms with Gasteiger partial charge >= 0.3 is 0 Å². The van der Waals surface area contributed by atoms with Gasteiger partial charge in [0.05, 0.1) is 0 Å². The van der Waals surface area contributed by atoms with Gasteiger partial charge in [0.25, 0.3) is 0 Å². The molecule has 0 spiro atoms. The zero-order valence-corrected chi connectivity index (χ0v) is 16.4. The van der Waals surface area contributed by atoms with E-state index in [2.05, 4.69) is 63.2 Å². The van der Waals surface area contributed by atoms with Gasteiger partial charge in [0.15, 0.2) is 5.78 Å². The molecule has 1 aliphatic carbocycles. The number of nitrogens with zero attached hydrogens (tertiary/aromatic N) is 3. The summed E-state index contributed by atoms with van der Waals surface area (Å²) < 4.78 is 1.85. The fourth-order valence-corrected chi connectivity index (χ4v) is 5.48. The Hall–Kier alpha value is -3.25. The molecule has 0 radical (unpaired) electrons. The molecule has 2 aromatic carbocycles. The number of allylic oxidation sites excluding steroid dienone is 2. The summed E-state index contributed by atoms with van der Waals surface area (Å²) in [6.07, 6.45) is 2.90. The third-order valence-corrected chi connectivity index (χ3v) is 6.96. The summed E-state index contributed by atoms with van der Waals surface area (Å²) in [5, 5.41) is 12.3. The molecule has 0 saturated heterocycles. The van der Waals surface area contributed by atoms with Gasteiger partial charge in [-0.15, -0.1) is 11.3 Å². The average Bonchev–Trinajstić information content (AvgIpc) is 3.44. The lowest BCUT2D eigenvalue weighted by molar-refractivity contribution is -0.116. The highest BCUT2D eigenvalue weighted by Crippen LogP contribution is 2.45. The lowest BCUT2D eigenvalue weighted by atomic mass is 9.79. The predicted octanol–water partition coefficient (Wildman–Crippen LogP) is 4.91. The number of hydrogen-bond donors (Lipinski definition) is 1. The van der Waals surface area contributed by atoms with Gasteiger partial charge in [-0.3, -0.25) is 4.79 Å². The summed E-state index contributed by atoms with van der Waals surface area (Å²) in [5.74, 6) is 1.11. The maximum Gasteiger partial charge on any atom is 0.226 e. The van der Waals surface area contributed by atoms with Gasteiger partial charge in [-0.1, -0.05) is 48.5 Å². The molecule has 29 heavy (non-hydrogen) atoms. The molecule has 0 fully saturated rings. The number of benzene rings is 2. The summed E-state index contributed by atoms with van der Waals surface area (Å²) in [5.41, 5.74) is 2.90. The van der Waals surface area contributed by atoms with Gasteiger partial charge in [0.2, 0.25) is 5.95 Å². The topological polar surface area (TPSA) is 59.8 Å². The Balaban J connectivity index is 1.55. The van der Waals surface area contributed by atoms with Gasteiger partial charge in [-0.05, 0) is 34.2 Å². The van der Waals surface area contributed by atoms with Crippen LogP contribution in [0, 0.1) is 0 Å². The van der Waals surface area contributed by atoms with E-state index in [1.54, 1.807) is 17.7 Å². The van der Waals surface area contributed by atoms with E-state index >= 15 is 0 Å². The van der Waals surface area contributed by atoms with Gasteiger partial charge < -0.3 is 5.32 Å². The zero-order chi connectivity index (χ0) is 19.4. The van der Waals surface area contributed by atoms with E-state index in [9.17, 15) is 4.79 Å². The quantitative estimate of drug-likeness (QED) is 0.521. The molecule has 0 amide bonds. The van der Waals surface area contributed by atoms with Crippen LogP contribution in [0.4, 0.5) is 5.95 Å². The Morgan fingerprint density at radius 1 is 1.03 bits per heavy atom. The number of thiophene rings is 1. The van der Waals surface area contributed by atoms with Crippen LogP contribution in [0.25, 0.3) is 10.8 Å². The first-order chi connectivity index (χ1) is 14.3. The van der Waals surface area contributed by atoms with Gasteiger partial charge in [0.1, 0.15) is 12.4 Å². The van der Waals surface area contributed by atoms with Crippen LogP contribution in [0.3, 0.4) is 0 Å². The van der Waals surface area contributed by atoms with Crippen molar-refractivity contribution in [1.29, 1.82) is 0 Å². The molecule has 6 rings (SSSR count). The normalized spacial score (nSPS) is 21.0. The summed E-state index contributed by atoms with van der Waals surface area (Å²) in [7, 11) is 0. The highest BCUT2D eigenvalue weighted by molar-refractivity contribution is 7.10. The van der Waals surface area contributed by atoms with Crippen molar-refractivity contribution >= 4 is 33.8 Å². The van der Waals surface area contributed by atoms with Crippen LogP contribution >= 0.6 is 11.3 Å². The molecule has 2 atom stereocenters. The van der Waals surface area contributed by atoms with Crippen molar-refractivity contribution in [2.24, 2.45) is 0 Å². The third kappa shape index (κ3) is 2.56. The first kappa shape index (κ1) is 16.7. The van der Waals surface area contributed by atoms with Crippen molar-refractivity contribution in [3.8, 4) is 0 Å². The lowest BCUT2D eigenvalue weighted by Gasteiger charge is -2.35. The smallest absolute Gasteiger partial charge is 0.226 e. The highest BCUT2D eigenvalue weighted by Gasteiger charge is 2.39. The maximum absolute atomic E-state index is 13.4. The number of ketones is 1. The number of anilines is 1. The Bertz CT molecular complexity index is 1270. The Morgan fingerprint density at radius 2 is 1.93 bits per heavy atom. The third-order valence-electron chi connectivity index (χ3n) is 5.93. The van der Waals surface area contributed by atoms with E-state index in [-0.39, 0.29) is 17.7 Å². The number of nitrogens with one attached hydrogen (secondary N) is 1. The summed E-state index contributed by atoms with van der Waals surface area (Å²) >= 11 is 1.72. The lowest BCUT2D eigenvalue weighted by Crippen LogP contribution is -2.33. The fraction of sp³-hybridized carbons (Fsp3) is 0.174. The molecule has 2 aromatic heterocycles. The van der Waals surface area contributed by atoms with Crippen LogP contribution in [0.15, 0.2) is 77.6 Å².